The van der Waals surface area contributed by atoms with Crippen LogP contribution in [0.4, 0.5) is 0 Å². The fourth-order valence-electron chi connectivity index (χ4n) is 2.19. The lowest BCUT2D eigenvalue weighted by atomic mass is 9.89. The van der Waals surface area contributed by atoms with Crippen LogP contribution in [0, 0.1) is 0 Å². The van der Waals surface area contributed by atoms with Gasteiger partial charge in [-0.15, -0.1) is 0 Å². The predicted octanol–water partition coefficient (Wildman–Crippen LogP) is 4.35. The zero-order valence-corrected chi connectivity index (χ0v) is 12.9. The molecule has 0 aromatic rings. The van der Waals surface area contributed by atoms with Gasteiger partial charge in [-0.25, -0.2) is 0 Å². The Labute approximate surface area is 99.3 Å². The van der Waals surface area contributed by atoms with Crippen LogP contribution in [0.3, 0.4) is 0 Å². The minimum absolute atomic E-state index is 0.794. The van der Waals surface area contributed by atoms with Crippen LogP contribution >= 0.6 is 0 Å². The molecule has 0 atom stereocenters. The second-order valence-corrected chi connectivity index (χ2v) is 7.24. The summed E-state index contributed by atoms with van der Waals surface area (Å²) in [5, 5.41) is 0. The van der Waals surface area contributed by atoms with Gasteiger partial charge in [-0.2, -0.15) is 0 Å². The maximum atomic E-state index is 2.32. The highest BCUT2D eigenvalue weighted by molar-refractivity contribution is 6.15. The Kier molecular flexibility index (Phi) is 9.14. The molecule has 0 N–H and O–H groups in total. The van der Waals surface area contributed by atoms with Gasteiger partial charge in [-0.3, -0.25) is 0 Å². The molecule has 0 fully saturated rings. The van der Waals surface area contributed by atoms with E-state index in [2.05, 4.69) is 20.8 Å². The summed E-state index contributed by atoms with van der Waals surface area (Å²) in [4.78, 5) is 0. The summed E-state index contributed by atoms with van der Waals surface area (Å²) in [6, 6.07) is 0. The fraction of sp³-hybridized carbons (Fsp3) is 1.00. The topological polar surface area (TPSA) is 0 Å². The zero-order valence-electron chi connectivity index (χ0n) is 10.9. The van der Waals surface area contributed by atoms with E-state index in [9.17, 15) is 0 Å². The van der Waals surface area contributed by atoms with Gasteiger partial charge in [-0.1, -0.05) is 82.8 Å². The molecule has 0 spiro atoms. The first kappa shape index (κ1) is 14.5. The molecular formula is C13H29Al. The largest absolute Gasteiger partial charge is 0.221 e. The lowest BCUT2D eigenvalue weighted by Crippen LogP contribution is -2.13. The number of hydrogen-bond donors (Lipinski definition) is 0. The van der Waals surface area contributed by atoms with Gasteiger partial charge in [0.25, 0.3) is 0 Å². The second-order valence-electron chi connectivity index (χ2n) is 5.12. The average molecular weight is 212 g/mol. The summed E-state index contributed by atoms with van der Waals surface area (Å²) in [6.45, 7) is 6.96. The Morgan fingerprint density at radius 2 is 1.00 bits per heavy atom. The average Bonchev–Trinajstić information content (AvgIpc) is 2.21. The molecule has 84 valence electrons. The molecule has 0 amide bonds. The molecule has 0 saturated carbocycles. The molecule has 0 aliphatic carbocycles. The van der Waals surface area contributed by atoms with Crippen molar-refractivity contribution in [1.82, 2.24) is 0 Å². The van der Waals surface area contributed by atoms with Crippen LogP contribution in [-0.4, -0.2) is 16.3 Å². The van der Waals surface area contributed by atoms with Gasteiger partial charge in [-0.05, 0) is 0 Å². The highest BCUT2D eigenvalue weighted by Gasteiger charge is 2.21. The van der Waals surface area contributed by atoms with Crippen molar-refractivity contribution < 1.29 is 0 Å². The SMILES string of the molecule is CCCC[C]([AlH2])(CCCC)CCCC. The normalized spacial score (nSPS) is 11.9. The summed E-state index contributed by atoms with van der Waals surface area (Å²) < 4.78 is 0.794. The van der Waals surface area contributed by atoms with Crippen molar-refractivity contribution >= 4 is 16.3 Å². The number of unbranched alkanes of at least 4 members (excludes halogenated alkanes) is 3. The van der Waals surface area contributed by atoms with E-state index in [0.717, 1.165) is 4.28 Å². The van der Waals surface area contributed by atoms with E-state index in [1.54, 1.807) is 0 Å². The van der Waals surface area contributed by atoms with E-state index in [-0.39, 0.29) is 0 Å². The molecule has 1 heteroatoms. The maximum Gasteiger partial charge on any atom is 0.221 e. The molecule has 0 aliphatic rings. The highest BCUT2D eigenvalue weighted by Crippen LogP contribution is 2.40. The minimum Gasteiger partial charge on any atom is -0.0796 e. The van der Waals surface area contributed by atoms with Gasteiger partial charge < -0.3 is 0 Å². The lowest BCUT2D eigenvalue weighted by Gasteiger charge is -2.30. The first-order chi connectivity index (χ1) is 6.68. The summed E-state index contributed by atoms with van der Waals surface area (Å²) in [6.07, 6.45) is 13.0. The molecule has 0 aliphatic heterocycles. The molecule has 0 unspecified atom stereocenters. The van der Waals surface area contributed by atoms with E-state index < -0.39 is 0 Å². The third-order valence-corrected chi connectivity index (χ3v) is 4.90. The smallest absolute Gasteiger partial charge is 0.0796 e. The predicted molar refractivity (Wildman–Crippen MR) is 69.8 cm³/mol. The van der Waals surface area contributed by atoms with Crippen molar-refractivity contribution in [1.29, 1.82) is 0 Å². The Morgan fingerprint density at radius 3 is 1.21 bits per heavy atom. The summed E-state index contributed by atoms with van der Waals surface area (Å²) in [7, 11) is 0. The first-order valence-corrected chi connectivity index (χ1v) is 7.68. The van der Waals surface area contributed by atoms with Crippen LogP contribution in [0.2, 0.25) is 4.28 Å². The van der Waals surface area contributed by atoms with Crippen molar-refractivity contribution in [2.24, 2.45) is 0 Å². The van der Waals surface area contributed by atoms with Crippen molar-refractivity contribution in [3.63, 3.8) is 0 Å². The van der Waals surface area contributed by atoms with E-state index in [4.69, 9.17) is 0 Å². The number of hydrogen-bond acceptors (Lipinski definition) is 0. The molecule has 0 saturated heterocycles. The first-order valence-electron chi connectivity index (χ1n) is 6.68. The Morgan fingerprint density at radius 1 is 0.714 bits per heavy atom. The lowest BCUT2D eigenvalue weighted by molar-refractivity contribution is 0.404. The van der Waals surface area contributed by atoms with Crippen LogP contribution in [0.1, 0.15) is 78.6 Å². The molecule has 0 aromatic heterocycles. The van der Waals surface area contributed by atoms with E-state index in [1.807, 2.05) is 0 Å². The van der Waals surface area contributed by atoms with Crippen LogP contribution in [0.5, 0.6) is 0 Å². The maximum absolute atomic E-state index is 2.32. The van der Waals surface area contributed by atoms with Gasteiger partial charge in [0.2, 0.25) is 16.3 Å². The van der Waals surface area contributed by atoms with Crippen LogP contribution < -0.4 is 0 Å². The van der Waals surface area contributed by atoms with Gasteiger partial charge in [0, 0.05) is 0 Å². The molecule has 14 heavy (non-hydrogen) atoms. The monoisotopic (exact) mass is 212 g/mol. The minimum atomic E-state index is 0.794. The van der Waals surface area contributed by atoms with Crippen LogP contribution in [0.15, 0.2) is 0 Å². The second kappa shape index (κ2) is 8.81. The third kappa shape index (κ3) is 6.91. The zero-order chi connectivity index (χ0) is 10.9. The highest BCUT2D eigenvalue weighted by atomic mass is 27.0. The van der Waals surface area contributed by atoms with Gasteiger partial charge in [0.1, 0.15) is 0 Å². The molecule has 0 aromatic carbocycles. The quantitative estimate of drug-likeness (QED) is 0.498. The van der Waals surface area contributed by atoms with Crippen molar-refractivity contribution in [2.45, 2.75) is 82.8 Å². The number of rotatable bonds is 9. The van der Waals surface area contributed by atoms with Gasteiger partial charge in [0.15, 0.2) is 0 Å². The van der Waals surface area contributed by atoms with Gasteiger partial charge in [0.05, 0.1) is 0 Å². The van der Waals surface area contributed by atoms with Crippen molar-refractivity contribution in [3.8, 4) is 0 Å². The van der Waals surface area contributed by atoms with Crippen molar-refractivity contribution in [3.05, 3.63) is 0 Å². The summed E-state index contributed by atoms with van der Waals surface area (Å²) in [5.41, 5.74) is 0. The van der Waals surface area contributed by atoms with Crippen LogP contribution in [0.25, 0.3) is 0 Å². The van der Waals surface area contributed by atoms with E-state index >= 15 is 0 Å². The Hall–Kier alpha value is 0.532. The molecular weight excluding hydrogens is 183 g/mol. The van der Waals surface area contributed by atoms with Crippen LogP contribution in [-0.2, 0) is 0 Å². The fourth-order valence-corrected chi connectivity index (χ4v) is 3.25. The molecule has 0 heterocycles. The molecule has 0 bridgehead atoms. The molecule has 0 radical (unpaired) electrons. The Balaban J connectivity index is 3.89. The summed E-state index contributed by atoms with van der Waals surface area (Å²) >= 11 is 1.41. The molecule has 0 nitrogen and oxygen atoms in total. The van der Waals surface area contributed by atoms with E-state index in [0.29, 0.717) is 0 Å². The molecule has 0 rings (SSSR count). The van der Waals surface area contributed by atoms with Crippen molar-refractivity contribution in [2.75, 3.05) is 0 Å². The van der Waals surface area contributed by atoms with Gasteiger partial charge >= 0.3 is 0 Å². The Bertz CT molecular complexity index is 98.6. The summed E-state index contributed by atoms with van der Waals surface area (Å²) in [5.74, 6) is 0. The third-order valence-electron chi connectivity index (χ3n) is 3.40. The van der Waals surface area contributed by atoms with E-state index in [1.165, 1.54) is 74.1 Å². The standard InChI is InChI=1S/C13H27.Al.2H/c1-4-7-10-13(11-8-5-2)12-9-6-3;;;/h4-12H2,1-3H3;;;.